The average Bonchev–Trinajstić information content (AvgIpc) is 2.19. The molecule has 0 saturated heterocycles. The number of hydrogen-bond donors (Lipinski definition) is 1. The molecule has 2 nitrogen and oxygen atoms in total. The smallest absolute Gasteiger partial charge is 0.102 e. The first-order valence-corrected chi connectivity index (χ1v) is 6.63. The molecule has 0 bridgehead atoms. The Kier molecular flexibility index (Phi) is 13.9. The first-order valence-electron chi connectivity index (χ1n) is 6.63. The molecule has 0 aliphatic carbocycles. The van der Waals surface area contributed by atoms with E-state index in [-0.39, 0.29) is 17.0 Å². The highest BCUT2D eigenvalue weighted by Crippen LogP contribution is 2.10. The van der Waals surface area contributed by atoms with E-state index in [1.165, 1.54) is 51.6 Å². The van der Waals surface area contributed by atoms with E-state index in [0.29, 0.717) is 6.61 Å². The van der Waals surface area contributed by atoms with Crippen LogP contribution in [0.15, 0.2) is 0 Å². The van der Waals surface area contributed by atoms with Gasteiger partial charge in [0, 0.05) is 0 Å². The Balaban J connectivity index is 0. The van der Waals surface area contributed by atoms with Crippen LogP contribution in [0.2, 0.25) is 0 Å². The first-order chi connectivity index (χ1) is 7.18. The molecule has 0 atom stereocenters. The number of unbranched alkanes of at least 4 members (excludes halogenated alkanes) is 4. The highest BCUT2D eigenvalue weighted by atomic mass is 79.9. The van der Waals surface area contributed by atoms with Crippen LogP contribution < -0.4 is 17.0 Å². The molecule has 0 aromatic heterocycles. The molecule has 100 valence electrons. The maximum atomic E-state index is 9.10. The van der Waals surface area contributed by atoms with Crippen LogP contribution in [-0.4, -0.2) is 42.9 Å². The van der Waals surface area contributed by atoms with Crippen molar-refractivity contribution < 1.29 is 26.6 Å². The highest BCUT2D eigenvalue weighted by Gasteiger charge is 2.19. The molecule has 0 aromatic carbocycles. The van der Waals surface area contributed by atoms with Crippen LogP contribution in [0.3, 0.4) is 0 Å². The number of aliphatic hydroxyl groups is 1. The minimum Gasteiger partial charge on any atom is -1.00 e. The van der Waals surface area contributed by atoms with E-state index in [1.807, 2.05) is 0 Å². The van der Waals surface area contributed by atoms with Gasteiger partial charge in [-0.25, -0.2) is 0 Å². The number of quaternary nitrogens is 1. The van der Waals surface area contributed by atoms with Gasteiger partial charge in [-0.15, -0.1) is 0 Å². The van der Waals surface area contributed by atoms with Crippen LogP contribution in [0, 0.1) is 0 Å². The van der Waals surface area contributed by atoms with E-state index in [0.717, 1.165) is 11.0 Å². The van der Waals surface area contributed by atoms with Crippen molar-refractivity contribution >= 4 is 0 Å². The monoisotopic (exact) mass is 295 g/mol. The second-order valence-electron chi connectivity index (χ2n) is 4.93. The van der Waals surface area contributed by atoms with Crippen molar-refractivity contribution in [2.24, 2.45) is 0 Å². The van der Waals surface area contributed by atoms with Crippen LogP contribution in [0.5, 0.6) is 0 Å². The molecule has 0 radical (unpaired) electrons. The normalized spacial score (nSPS) is 11.2. The van der Waals surface area contributed by atoms with E-state index < -0.39 is 0 Å². The molecule has 0 amide bonds. The van der Waals surface area contributed by atoms with E-state index in [4.69, 9.17) is 5.11 Å². The Bertz CT molecular complexity index is 132. The molecule has 1 N–H and O–H groups in total. The van der Waals surface area contributed by atoms with Crippen LogP contribution in [0.25, 0.3) is 0 Å². The summed E-state index contributed by atoms with van der Waals surface area (Å²) in [4.78, 5) is 0. The quantitative estimate of drug-likeness (QED) is 0.438. The lowest BCUT2D eigenvalue weighted by atomic mass is 10.2. The molecule has 0 fully saturated rings. The SMILES string of the molecule is CCCCC[N+](C)(CCO)CCCCC.[Br-]. The van der Waals surface area contributed by atoms with Crippen molar-refractivity contribution in [3.8, 4) is 0 Å². The van der Waals surface area contributed by atoms with Crippen LogP contribution >= 0.6 is 0 Å². The van der Waals surface area contributed by atoms with E-state index in [1.54, 1.807) is 0 Å². The molecule has 16 heavy (non-hydrogen) atoms. The number of aliphatic hydroxyl groups excluding tert-OH is 1. The van der Waals surface area contributed by atoms with Gasteiger partial charge in [-0.1, -0.05) is 26.7 Å². The zero-order valence-electron chi connectivity index (χ0n) is 11.3. The highest BCUT2D eigenvalue weighted by molar-refractivity contribution is 4.44. The summed E-state index contributed by atoms with van der Waals surface area (Å²) in [6, 6.07) is 0. The number of likely N-dealkylation sites (N-methyl/N-ethyl adjacent to an activating group) is 1. The number of nitrogens with zero attached hydrogens (tertiary/aromatic N) is 1. The third kappa shape index (κ3) is 9.61. The first kappa shape index (κ1) is 18.8. The van der Waals surface area contributed by atoms with Crippen molar-refractivity contribution in [2.75, 3.05) is 33.3 Å². The fraction of sp³-hybridized carbons (Fsp3) is 1.00. The summed E-state index contributed by atoms with van der Waals surface area (Å²) in [5.74, 6) is 0. The second-order valence-corrected chi connectivity index (χ2v) is 4.93. The molecule has 0 spiro atoms. The van der Waals surface area contributed by atoms with Crippen molar-refractivity contribution in [1.29, 1.82) is 0 Å². The summed E-state index contributed by atoms with van der Waals surface area (Å²) in [7, 11) is 2.29. The largest absolute Gasteiger partial charge is 1.00 e. The lowest BCUT2D eigenvalue weighted by Gasteiger charge is -2.34. The number of rotatable bonds is 10. The minimum atomic E-state index is 0. The molecule has 0 aliphatic rings. The van der Waals surface area contributed by atoms with E-state index >= 15 is 0 Å². The zero-order valence-corrected chi connectivity index (χ0v) is 12.9. The predicted octanol–water partition coefficient (Wildman–Crippen LogP) is -0.190. The molecule has 3 heteroatoms. The number of halogens is 1. The Morgan fingerprint density at radius 1 is 0.812 bits per heavy atom. The van der Waals surface area contributed by atoms with Crippen molar-refractivity contribution in [3.05, 3.63) is 0 Å². The lowest BCUT2D eigenvalue weighted by molar-refractivity contribution is -0.910. The maximum absolute atomic E-state index is 9.10. The second kappa shape index (κ2) is 11.9. The van der Waals surface area contributed by atoms with E-state index in [9.17, 15) is 0 Å². The Morgan fingerprint density at radius 3 is 1.56 bits per heavy atom. The molecule has 0 aliphatic heterocycles. The predicted molar refractivity (Wildman–Crippen MR) is 66.9 cm³/mol. The van der Waals surface area contributed by atoms with Gasteiger partial charge in [-0.05, 0) is 25.7 Å². The van der Waals surface area contributed by atoms with Gasteiger partial charge in [0.15, 0.2) is 0 Å². The fourth-order valence-corrected chi connectivity index (χ4v) is 2.06. The van der Waals surface area contributed by atoms with Gasteiger partial charge < -0.3 is 26.6 Å². The third-order valence-corrected chi connectivity index (χ3v) is 3.24. The standard InChI is InChI=1S/C13H30NO.BrH/c1-4-6-8-10-14(3,12-13-15)11-9-7-5-2;/h15H,4-13H2,1-3H3;1H/q+1;/p-1. The maximum Gasteiger partial charge on any atom is 0.102 e. The Morgan fingerprint density at radius 2 is 1.25 bits per heavy atom. The van der Waals surface area contributed by atoms with Gasteiger partial charge in [-0.3, -0.25) is 0 Å². The number of hydrogen-bond acceptors (Lipinski definition) is 1. The average molecular weight is 296 g/mol. The molecule has 0 rings (SSSR count). The Hall–Kier alpha value is 0.400. The molecular weight excluding hydrogens is 266 g/mol. The van der Waals surface area contributed by atoms with Gasteiger partial charge in [-0.2, -0.15) is 0 Å². The molecule has 0 unspecified atom stereocenters. The van der Waals surface area contributed by atoms with Gasteiger partial charge in [0.05, 0.1) is 26.7 Å². The summed E-state index contributed by atoms with van der Waals surface area (Å²) in [5, 5.41) is 9.10. The summed E-state index contributed by atoms with van der Waals surface area (Å²) >= 11 is 0. The molecule has 0 heterocycles. The lowest BCUT2D eigenvalue weighted by Crippen LogP contribution is -3.00. The van der Waals surface area contributed by atoms with Crippen molar-refractivity contribution in [1.82, 2.24) is 0 Å². The van der Waals surface area contributed by atoms with Gasteiger partial charge in [0.2, 0.25) is 0 Å². The summed E-state index contributed by atoms with van der Waals surface area (Å²) < 4.78 is 1.07. The van der Waals surface area contributed by atoms with E-state index in [2.05, 4.69) is 20.9 Å². The summed E-state index contributed by atoms with van der Waals surface area (Å²) in [6.45, 7) is 8.21. The van der Waals surface area contributed by atoms with Gasteiger partial charge in [0.25, 0.3) is 0 Å². The fourth-order valence-electron chi connectivity index (χ4n) is 2.06. The summed E-state index contributed by atoms with van der Waals surface area (Å²) in [6.07, 6.45) is 7.83. The summed E-state index contributed by atoms with van der Waals surface area (Å²) in [5.41, 5.74) is 0. The van der Waals surface area contributed by atoms with Crippen LogP contribution in [0.4, 0.5) is 0 Å². The topological polar surface area (TPSA) is 20.2 Å². The van der Waals surface area contributed by atoms with Crippen LogP contribution in [-0.2, 0) is 0 Å². The molecule has 0 saturated carbocycles. The van der Waals surface area contributed by atoms with Crippen LogP contribution in [0.1, 0.15) is 52.4 Å². The molecular formula is C13H30BrNO. The zero-order chi connectivity index (χ0) is 11.6. The minimum absolute atomic E-state index is 0. The third-order valence-electron chi connectivity index (χ3n) is 3.24. The van der Waals surface area contributed by atoms with Crippen molar-refractivity contribution in [2.45, 2.75) is 52.4 Å². The van der Waals surface area contributed by atoms with Crippen molar-refractivity contribution in [3.63, 3.8) is 0 Å². The van der Waals surface area contributed by atoms with Gasteiger partial charge >= 0.3 is 0 Å². The van der Waals surface area contributed by atoms with Gasteiger partial charge in [0.1, 0.15) is 6.54 Å². The Labute approximate surface area is 112 Å². The molecule has 0 aromatic rings.